The minimum atomic E-state index is 0.784. The van der Waals surface area contributed by atoms with Gasteiger partial charge >= 0.3 is 0 Å². The van der Waals surface area contributed by atoms with Crippen LogP contribution in [-0.4, -0.2) is 9.97 Å². The number of benzene rings is 1. The van der Waals surface area contributed by atoms with Crippen LogP contribution in [0.1, 0.15) is 0 Å². The molecule has 4 aromatic rings. The smallest absolute Gasteiger partial charge is 0.153 e. The monoisotopic (exact) mass is 298 g/mol. The van der Waals surface area contributed by atoms with Gasteiger partial charge in [0.25, 0.3) is 0 Å². The van der Waals surface area contributed by atoms with Crippen LogP contribution in [0.4, 0.5) is 0 Å². The minimum Gasteiger partial charge on any atom is -0.454 e. The normalized spacial score (nSPS) is 11.6. The number of furan rings is 1. The number of nitrogens with zero attached hydrogens (tertiary/aromatic N) is 2. The van der Waals surface area contributed by atoms with Gasteiger partial charge in [-0.25, -0.2) is 4.98 Å². The molecule has 0 N–H and O–H groups in total. The zero-order valence-electron chi connectivity index (χ0n) is 9.22. The molecule has 0 unspecified atom stereocenters. The van der Waals surface area contributed by atoms with Crippen LogP contribution in [0.2, 0.25) is 0 Å². The Balaban J connectivity index is 2.30. The van der Waals surface area contributed by atoms with Crippen LogP contribution in [0, 0.1) is 0 Å². The number of rotatable bonds is 0. The zero-order valence-corrected chi connectivity index (χ0v) is 10.8. The predicted molar refractivity (Wildman–Crippen MR) is 74.5 cm³/mol. The van der Waals surface area contributed by atoms with Crippen LogP contribution in [0.25, 0.3) is 32.8 Å². The highest BCUT2D eigenvalue weighted by molar-refractivity contribution is 9.10. The second-order valence-corrected chi connectivity index (χ2v) is 4.94. The molecule has 0 saturated carbocycles. The summed E-state index contributed by atoms with van der Waals surface area (Å²) in [5.74, 6) is 0. The molecule has 0 radical (unpaired) electrons. The van der Waals surface area contributed by atoms with Gasteiger partial charge in [0.1, 0.15) is 10.2 Å². The Hall–Kier alpha value is -1.94. The quantitative estimate of drug-likeness (QED) is 0.455. The molecule has 4 heteroatoms. The summed E-state index contributed by atoms with van der Waals surface area (Å²) in [4.78, 5) is 8.65. The molecule has 1 aromatic carbocycles. The maximum atomic E-state index is 5.90. The Labute approximate surface area is 111 Å². The van der Waals surface area contributed by atoms with Crippen LogP contribution in [0.15, 0.2) is 51.7 Å². The molecule has 0 saturated heterocycles. The van der Waals surface area contributed by atoms with Crippen LogP contribution in [-0.2, 0) is 0 Å². The fourth-order valence-corrected chi connectivity index (χ4v) is 2.57. The van der Waals surface area contributed by atoms with E-state index in [1.807, 2.05) is 36.5 Å². The highest BCUT2D eigenvalue weighted by Gasteiger charge is 2.11. The lowest BCUT2D eigenvalue weighted by Gasteiger charge is -1.96. The third kappa shape index (κ3) is 1.29. The predicted octanol–water partition coefficient (Wildman–Crippen LogP) is 4.29. The van der Waals surface area contributed by atoms with E-state index in [4.69, 9.17) is 4.42 Å². The first-order chi connectivity index (χ1) is 8.83. The molecular weight excluding hydrogens is 292 g/mol. The molecule has 3 heterocycles. The highest BCUT2D eigenvalue weighted by atomic mass is 79.9. The molecule has 0 bridgehead atoms. The van der Waals surface area contributed by atoms with Gasteiger partial charge in [0.15, 0.2) is 5.58 Å². The van der Waals surface area contributed by atoms with Crippen LogP contribution in [0.3, 0.4) is 0 Å². The first-order valence-corrected chi connectivity index (χ1v) is 6.34. The van der Waals surface area contributed by atoms with Gasteiger partial charge in [0, 0.05) is 22.4 Å². The van der Waals surface area contributed by atoms with Gasteiger partial charge in [0.05, 0.1) is 11.7 Å². The topological polar surface area (TPSA) is 38.9 Å². The van der Waals surface area contributed by atoms with Crippen molar-refractivity contribution in [1.82, 2.24) is 9.97 Å². The number of pyridine rings is 2. The summed E-state index contributed by atoms with van der Waals surface area (Å²) in [5.41, 5.74) is 2.60. The Morgan fingerprint density at radius 2 is 1.83 bits per heavy atom. The van der Waals surface area contributed by atoms with Gasteiger partial charge in [-0.15, -0.1) is 0 Å². The van der Waals surface area contributed by atoms with Crippen molar-refractivity contribution in [3.05, 3.63) is 47.3 Å². The second kappa shape index (κ2) is 3.53. The average molecular weight is 299 g/mol. The Kier molecular flexibility index (Phi) is 1.96. The lowest BCUT2D eigenvalue weighted by Crippen LogP contribution is -1.78. The van der Waals surface area contributed by atoms with Gasteiger partial charge in [0.2, 0.25) is 0 Å². The summed E-state index contributed by atoms with van der Waals surface area (Å²) >= 11 is 3.38. The van der Waals surface area contributed by atoms with E-state index in [1.165, 1.54) is 0 Å². The van der Waals surface area contributed by atoms with E-state index in [0.717, 1.165) is 37.4 Å². The van der Waals surface area contributed by atoms with Crippen LogP contribution >= 0.6 is 15.9 Å². The molecule has 3 nitrogen and oxygen atoms in total. The van der Waals surface area contributed by atoms with Crippen molar-refractivity contribution in [1.29, 1.82) is 0 Å². The van der Waals surface area contributed by atoms with Gasteiger partial charge < -0.3 is 4.42 Å². The van der Waals surface area contributed by atoms with E-state index in [1.54, 1.807) is 6.20 Å². The number of aromatic nitrogens is 2. The van der Waals surface area contributed by atoms with E-state index in [2.05, 4.69) is 25.9 Å². The summed E-state index contributed by atoms with van der Waals surface area (Å²) in [6, 6.07) is 9.93. The van der Waals surface area contributed by atoms with Gasteiger partial charge in [-0.3, -0.25) is 4.98 Å². The van der Waals surface area contributed by atoms with Gasteiger partial charge in [-0.1, -0.05) is 12.1 Å². The fraction of sp³-hybridized carbons (Fsp3) is 0. The summed E-state index contributed by atoms with van der Waals surface area (Å²) in [5, 5.41) is 3.08. The first-order valence-electron chi connectivity index (χ1n) is 5.54. The largest absolute Gasteiger partial charge is 0.454 e. The van der Waals surface area contributed by atoms with Crippen molar-refractivity contribution in [2.24, 2.45) is 0 Å². The Bertz CT molecular complexity index is 898. The molecule has 3 aromatic heterocycles. The molecule has 0 amide bonds. The number of halogens is 1. The van der Waals surface area contributed by atoms with Crippen LogP contribution in [0.5, 0.6) is 0 Å². The van der Waals surface area contributed by atoms with Crippen molar-refractivity contribution in [2.45, 2.75) is 0 Å². The van der Waals surface area contributed by atoms with Crippen molar-refractivity contribution >= 4 is 48.8 Å². The molecular formula is C14H7BrN2O. The number of hydrogen-bond donors (Lipinski definition) is 0. The third-order valence-corrected chi connectivity index (χ3v) is 3.50. The number of hydrogen-bond acceptors (Lipinski definition) is 3. The first kappa shape index (κ1) is 10.0. The summed E-state index contributed by atoms with van der Waals surface area (Å²) < 4.78 is 6.69. The van der Waals surface area contributed by atoms with Crippen molar-refractivity contribution < 1.29 is 4.42 Å². The van der Waals surface area contributed by atoms with E-state index < -0.39 is 0 Å². The zero-order chi connectivity index (χ0) is 12.1. The molecule has 0 aliphatic rings. The van der Waals surface area contributed by atoms with E-state index >= 15 is 0 Å². The fourth-order valence-electron chi connectivity index (χ4n) is 2.24. The van der Waals surface area contributed by atoms with Crippen LogP contribution < -0.4 is 0 Å². The minimum absolute atomic E-state index is 0.784. The Morgan fingerprint density at radius 1 is 0.944 bits per heavy atom. The number of fused-ring (bicyclic) bond motifs is 5. The molecule has 0 spiro atoms. The summed E-state index contributed by atoms with van der Waals surface area (Å²) in [7, 11) is 0. The summed E-state index contributed by atoms with van der Waals surface area (Å²) in [6.45, 7) is 0. The standard InChI is InChI=1S/C14H7BrN2O/c15-13-5-9-10-6-16-11-4-2-1-3-8(11)14(10)18-12(9)7-17-13/h1-7H. The second-order valence-electron chi connectivity index (χ2n) is 4.12. The van der Waals surface area contributed by atoms with Crippen molar-refractivity contribution in [2.75, 3.05) is 0 Å². The molecule has 0 fully saturated rings. The number of para-hydroxylation sites is 1. The average Bonchev–Trinajstić information content (AvgIpc) is 2.77. The van der Waals surface area contributed by atoms with Crippen molar-refractivity contribution in [3.63, 3.8) is 0 Å². The summed E-state index contributed by atoms with van der Waals surface area (Å²) in [6.07, 6.45) is 3.59. The van der Waals surface area contributed by atoms with Gasteiger partial charge in [-0.2, -0.15) is 0 Å². The van der Waals surface area contributed by atoms with E-state index in [9.17, 15) is 0 Å². The maximum Gasteiger partial charge on any atom is 0.153 e. The Morgan fingerprint density at radius 3 is 2.78 bits per heavy atom. The molecule has 18 heavy (non-hydrogen) atoms. The maximum absolute atomic E-state index is 5.90. The van der Waals surface area contributed by atoms with Crippen molar-refractivity contribution in [3.8, 4) is 0 Å². The molecule has 0 aliphatic heterocycles. The lowest BCUT2D eigenvalue weighted by atomic mass is 10.1. The van der Waals surface area contributed by atoms with E-state index in [0.29, 0.717) is 0 Å². The highest BCUT2D eigenvalue weighted by Crippen LogP contribution is 2.33. The molecule has 86 valence electrons. The molecule has 0 atom stereocenters. The van der Waals surface area contributed by atoms with Gasteiger partial charge in [-0.05, 0) is 34.1 Å². The lowest BCUT2D eigenvalue weighted by molar-refractivity contribution is 0.670. The third-order valence-electron chi connectivity index (χ3n) is 3.06. The molecule has 4 rings (SSSR count). The SMILES string of the molecule is Brc1cc2c(cn1)oc1c3ccccc3ncc21. The molecule has 0 aliphatic carbocycles. The van der Waals surface area contributed by atoms with E-state index in [-0.39, 0.29) is 0 Å².